The summed E-state index contributed by atoms with van der Waals surface area (Å²) in [7, 11) is 0. The zero-order valence-corrected chi connectivity index (χ0v) is 11.0. The van der Waals surface area contributed by atoms with Crippen LogP contribution >= 0.6 is 0 Å². The lowest BCUT2D eigenvalue weighted by atomic mass is 10.1. The van der Waals surface area contributed by atoms with Crippen LogP contribution in [-0.2, 0) is 0 Å². The van der Waals surface area contributed by atoms with Crippen molar-refractivity contribution < 1.29 is 9.59 Å². The number of amides is 2. The molecule has 2 aromatic rings. The number of rotatable bonds is 0. The van der Waals surface area contributed by atoms with E-state index in [-0.39, 0.29) is 11.8 Å². The average molecular weight is 277 g/mol. The Morgan fingerprint density at radius 3 is 2.43 bits per heavy atom. The number of benzene rings is 2. The molecule has 2 heterocycles. The van der Waals surface area contributed by atoms with E-state index >= 15 is 0 Å². The molecule has 2 aromatic carbocycles. The molecule has 0 saturated heterocycles. The van der Waals surface area contributed by atoms with Crippen LogP contribution < -0.4 is 15.5 Å². The van der Waals surface area contributed by atoms with Crippen LogP contribution in [0.4, 0.5) is 11.4 Å². The Kier molecular flexibility index (Phi) is 2.35. The molecule has 2 aliphatic rings. The lowest BCUT2D eigenvalue weighted by molar-refractivity contribution is 0.0970. The van der Waals surface area contributed by atoms with Crippen LogP contribution in [0.2, 0.25) is 0 Å². The van der Waals surface area contributed by atoms with Crippen molar-refractivity contribution in [2.24, 2.45) is 0 Å². The quantitative estimate of drug-likeness (QED) is 0.776. The van der Waals surface area contributed by atoms with Crippen molar-refractivity contribution in [3.63, 3.8) is 0 Å². The maximum atomic E-state index is 12.8. The van der Waals surface area contributed by atoms with Gasteiger partial charge in [0.2, 0.25) is 0 Å². The molecular weight excluding hydrogens is 266 g/mol. The first-order valence-electron chi connectivity index (χ1n) is 6.56. The zero-order chi connectivity index (χ0) is 14.4. The maximum Gasteiger partial charge on any atom is 0.266 e. The van der Waals surface area contributed by atoms with Gasteiger partial charge in [0.25, 0.3) is 11.8 Å². The predicted molar refractivity (Wildman–Crippen MR) is 78.9 cm³/mol. The normalized spacial score (nSPS) is 15.8. The van der Waals surface area contributed by atoms with E-state index in [2.05, 4.69) is 10.6 Å². The first kappa shape index (κ1) is 11.7. The van der Waals surface area contributed by atoms with Crippen molar-refractivity contribution >= 4 is 23.2 Å². The van der Waals surface area contributed by atoms with Crippen molar-refractivity contribution in [1.29, 1.82) is 0 Å². The summed E-state index contributed by atoms with van der Waals surface area (Å²) in [6, 6.07) is 14.3. The molecule has 0 bridgehead atoms. The predicted octanol–water partition coefficient (Wildman–Crippen LogP) is 2.30. The molecule has 21 heavy (non-hydrogen) atoms. The summed E-state index contributed by atoms with van der Waals surface area (Å²) in [6.45, 7) is 0. The van der Waals surface area contributed by atoms with Crippen LogP contribution in [0.15, 0.2) is 60.6 Å². The summed E-state index contributed by atoms with van der Waals surface area (Å²) in [5, 5.41) is 5.88. The van der Waals surface area contributed by atoms with Gasteiger partial charge in [-0.15, -0.1) is 0 Å². The van der Waals surface area contributed by atoms with Gasteiger partial charge < -0.3 is 10.6 Å². The highest BCUT2D eigenvalue weighted by Gasteiger charge is 2.33. The third kappa shape index (κ3) is 1.64. The molecule has 0 unspecified atom stereocenters. The second kappa shape index (κ2) is 4.21. The third-order valence-corrected chi connectivity index (χ3v) is 3.59. The zero-order valence-electron chi connectivity index (χ0n) is 11.0. The fourth-order valence-corrected chi connectivity index (χ4v) is 2.61. The molecule has 2 amide bonds. The van der Waals surface area contributed by atoms with E-state index in [4.69, 9.17) is 0 Å². The molecule has 0 spiro atoms. The number of carbonyl (C=O) groups excluding carboxylic acids is 2. The van der Waals surface area contributed by atoms with E-state index in [9.17, 15) is 9.59 Å². The second-order valence-corrected chi connectivity index (χ2v) is 4.83. The molecule has 2 N–H and O–H groups in total. The number of nitrogens with one attached hydrogen (secondary N) is 2. The minimum Gasteiger partial charge on any atom is -0.339 e. The summed E-state index contributed by atoms with van der Waals surface area (Å²) in [4.78, 5) is 26.4. The Bertz CT molecular complexity index is 811. The van der Waals surface area contributed by atoms with Gasteiger partial charge in [-0.3, -0.25) is 14.5 Å². The van der Waals surface area contributed by atoms with Crippen molar-refractivity contribution in [3.05, 3.63) is 71.7 Å². The van der Waals surface area contributed by atoms with Gasteiger partial charge in [0.15, 0.2) is 0 Å². The highest BCUT2D eigenvalue weighted by atomic mass is 16.2. The van der Waals surface area contributed by atoms with Crippen LogP contribution in [0.3, 0.4) is 0 Å². The summed E-state index contributed by atoms with van der Waals surface area (Å²) in [5.74, 6) is 0.155. The number of hydrogen-bond acceptors (Lipinski definition) is 3. The molecule has 0 aromatic heterocycles. The van der Waals surface area contributed by atoms with Gasteiger partial charge in [-0.2, -0.15) is 0 Å². The van der Waals surface area contributed by atoms with Crippen LogP contribution in [0, 0.1) is 0 Å². The van der Waals surface area contributed by atoms with Crippen molar-refractivity contribution in [2.45, 2.75) is 0 Å². The van der Waals surface area contributed by atoms with E-state index in [0.717, 1.165) is 5.69 Å². The molecule has 0 atom stereocenters. The summed E-state index contributed by atoms with van der Waals surface area (Å²) >= 11 is 0. The second-order valence-electron chi connectivity index (χ2n) is 4.83. The largest absolute Gasteiger partial charge is 0.339 e. The SMILES string of the molecule is O=C1NC=C2Nc3ccccc3C(=O)N2c2ccccc21. The molecule has 0 saturated carbocycles. The average Bonchev–Trinajstić information content (AvgIpc) is 2.66. The summed E-state index contributed by atoms with van der Waals surface area (Å²) in [5.41, 5.74) is 2.36. The van der Waals surface area contributed by atoms with E-state index in [0.29, 0.717) is 22.6 Å². The van der Waals surface area contributed by atoms with Gasteiger partial charge in [-0.05, 0) is 24.3 Å². The number of anilines is 2. The van der Waals surface area contributed by atoms with Gasteiger partial charge >= 0.3 is 0 Å². The minimum atomic E-state index is -0.230. The molecular formula is C16H11N3O2. The number of nitrogens with zero attached hydrogens (tertiary/aromatic N) is 1. The summed E-state index contributed by atoms with van der Waals surface area (Å²) in [6.07, 6.45) is 1.52. The molecule has 102 valence electrons. The number of fused-ring (bicyclic) bond motifs is 4. The topological polar surface area (TPSA) is 61.4 Å². The Hall–Kier alpha value is -3.08. The van der Waals surface area contributed by atoms with Gasteiger partial charge in [0, 0.05) is 6.20 Å². The number of hydrogen-bond donors (Lipinski definition) is 2. The molecule has 0 fully saturated rings. The highest BCUT2D eigenvalue weighted by molar-refractivity contribution is 6.17. The first-order chi connectivity index (χ1) is 10.3. The fourth-order valence-electron chi connectivity index (χ4n) is 2.61. The smallest absolute Gasteiger partial charge is 0.266 e. The Balaban J connectivity index is 1.96. The molecule has 0 aliphatic carbocycles. The number of carbonyl (C=O) groups is 2. The molecule has 2 aliphatic heterocycles. The van der Waals surface area contributed by atoms with Crippen LogP contribution in [0.25, 0.3) is 0 Å². The molecule has 4 rings (SSSR count). The first-order valence-corrected chi connectivity index (χ1v) is 6.56. The Morgan fingerprint density at radius 2 is 1.57 bits per heavy atom. The summed E-state index contributed by atoms with van der Waals surface area (Å²) < 4.78 is 0. The molecule has 5 nitrogen and oxygen atoms in total. The van der Waals surface area contributed by atoms with Crippen LogP contribution in [0.1, 0.15) is 20.7 Å². The van der Waals surface area contributed by atoms with E-state index in [1.807, 2.05) is 24.3 Å². The highest BCUT2D eigenvalue weighted by Crippen LogP contribution is 2.34. The van der Waals surface area contributed by atoms with E-state index < -0.39 is 0 Å². The van der Waals surface area contributed by atoms with E-state index in [1.165, 1.54) is 11.1 Å². The van der Waals surface area contributed by atoms with Gasteiger partial charge in [-0.1, -0.05) is 24.3 Å². The van der Waals surface area contributed by atoms with Crippen molar-refractivity contribution in [1.82, 2.24) is 5.32 Å². The van der Waals surface area contributed by atoms with Crippen LogP contribution in [0.5, 0.6) is 0 Å². The maximum absolute atomic E-state index is 12.8. The lowest BCUT2D eigenvalue weighted by Crippen LogP contribution is -2.38. The monoisotopic (exact) mass is 277 g/mol. The Morgan fingerprint density at radius 1 is 0.857 bits per heavy atom. The van der Waals surface area contributed by atoms with Gasteiger partial charge in [-0.25, -0.2) is 0 Å². The molecule has 0 radical (unpaired) electrons. The number of para-hydroxylation sites is 2. The van der Waals surface area contributed by atoms with E-state index in [1.54, 1.807) is 24.3 Å². The third-order valence-electron chi connectivity index (χ3n) is 3.59. The van der Waals surface area contributed by atoms with Gasteiger partial charge in [0.05, 0.1) is 22.5 Å². The van der Waals surface area contributed by atoms with Crippen LogP contribution in [-0.4, -0.2) is 11.8 Å². The Labute approximate surface area is 120 Å². The van der Waals surface area contributed by atoms with Gasteiger partial charge in [0.1, 0.15) is 5.82 Å². The standard InChI is InChI=1S/C16H11N3O2/c20-15-11-6-2-4-8-13(11)19-14(9-17-15)18-12-7-3-1-5-10(12)16(19)21/h1-9,18H,(H,17,20). The van der Waals surface area contributed by atoms with Crippen molar-refractivity contribution in [3.8, 4) is 0 Å². The lowest BCUT2D eigenvalue weighted by Gasteiger charge is -2.31. The fraction of sp³-hybridized carbons (Fsp3) is 0. The molecule has 5 heteroatoms. The minimum absolute atomic E-state index is 0.153. The van der Waals surface area contributed by atoms with Crippen molar-refractivity contribution in [2.75, 3.05) is 10.2 Å².